The summed E-state index contributed by atoms with van der Waals surface area (Å²) in [5.74, 6) is 0.183. The van der Waals surface area contributed by atoms with E-state index in [9.17, 15) is 4.79 Å². The lowest BCUT2D eigenvalue weighted by atomic mass is 10.3. The summed E-state index contributed by atoms with van der Waals surface area (Å²) in [6.45, 7) is 8.04. The zero-order chi connectivity index (χ0) is 8.97. The minimum absolute atomic E-state index is 0.183. The lowest BCUT2D eigenvalue weighted by Crippen LogP contribution is -2.22. The largest absolute Gasteiger partial charge is 0.312 e. The summed E-state index contributed by atoms with van der Waals surface area (Å²) < 4.78 is 0. The van der Waals surface area contributed by atoms with Crippen molar-refractivity contribution in [1.82, 2.24) is 4.90 Å². The number of carbonyl (C=O) groups is 1. The number of hydrogen-bond acceptors (Lipinski definition) is 1. The second kappa shape index (κ2) is 3.90. The lowest BCUT2D eigenvalue weighted by Gasteiger charge is -2.15. The first-order valence-electron chi connectivity index (χ1n) is 4.05. The third-order valence-corrected chi connectivity index (χ3v) is 1.88. The Balaban J connectivity index is 2.78. The topological polar surface area (TPSA) is 20.3 Å². The molecule has 1 aliphatic rings. The third-order valence-electron chi connectivity index (χ3n) is 1.88. The van der Waals surface area contributed by atoms with Gasteiger partial charge in [-0.1, -0.05) is 19.2 Å². The number of likely N-dealkylation sites (tertiary alicyclic amines) is 1. The summed E-state index contributed by atoms with van der Waals surface area (Å²) in [6.07, 6.45) is 6.76. The molecule has 64 valence electrons. The molecule has 0 aromatic carbocycles. The molecule has 0 spiro atoms. The van der Waals surface area contributed by atoms with Crippen molar-refractivity contribution in [2.75, 3.05) is 6.54 Å². The van der Waals surface area contributed by atoms with Gasteiger partial charge in [-0.15, -0.1) is 0 Å². The van der Waals surface area contributed by atoms with Crippen LogP contribution in [0.3, 0.4) is 0 Å². The molecular formula is C10H13NO. The van der Waals surface area contributed by atoms with Gasteiger partial charge in [0.05, 0.1) is 0 Å². The number of hydrogen-bond donors (Lipinski definition) is 0. The zero-order valence-corrected chi connectivity index (χ0v) is 7.12. The molecule has 1 heterocycles. The van der Waals surface area contributed by atoms with Crippen LogP contribution in [0.2, 0.25) is 0 Å². The molecule has 0 aromatic heterocycles. The van der Waals surface area contributed by atoms with Crippen LogP contribution in [0.4, 0.5) is 0 Å². The maximum Gasteiger partial charge on any atom is 0.227 e. The van der Waals surface area contributed by atoms with Gasteiger partial charge in [-0.3, -0.25) is 4.79 Å². The van der Waals surface area contributed by atoms with Gasteiger partial charge >= 0.3 is 0 Å². The average Bonchev–Trinajstić information content (AvgIpc) is 2.47. The van der Waals surface area contributed by atoms with E-state index in [2.05, 4.69) is 13.2 Å². The van der Waals surface area contributed by atoms with E-state index in [0.717, 1.165) is 18.7 Å². The molecule has 0 bridgehead atoms. The Labute approximate surface area is 72.9 Å². The van der Waals surface area contributed by atoms with Gasteiger partial charge in [0, 0.05) is 18.7 Å². The molecule has 0 atom stereocenters. The molecule has 0 aromatic rings. The van der Waals surface area contributed by atoms with Crippen LogP contribution in [0.5, 0.6) is 0 Å². The summed E-state index contributed by atoms with van der Waals surface area (Å²) in [6, 6.07) is 0. The smallest absolute Gasteiger partial charge is 0.227 e. The first-order chi connectivity index (χ1) is 5.79. The van der Waals surface area contributed by atoms with E-state index in [0.29, 0.717) is 6.42 Å². The Morgan fingerprint density at radius 3 is 2.67 bits per heavy atom. The fourth-order valence-electron chi connectivity index (χ4n) is 1.31. The molecule has 0 N–H and O–H groups in total. The molecule has 1 fully saturated rings. The van der Waals surface area contributed by atoms with Crippen LogP contribution < -0.4 is 0 Å². The van der Waals surface area contributed by atoms with E-state index in [1.54, 1.807) is 23.1 Å². The monoisotopic (exact) mass is 163 g/mol. The number of nitrogens with zero attached hydrogens (tertiary/aromatic N) is 1. The third kappa shape index (κ3) is 1.64. The van der Waals surface area contributed by atoms with Gasteiger partial charge in [0.25, 0.3) is 0 Å². The van der Waals surface area contributed by atoms with Crippen LogP contribution in [0.15, 0.2) is 37.1 Å². The number of amides is 1. The van der Waals surface area contributed by atoms with E-state index in [-0.39, 0.29) is 5.91 Å². The summed E-state index contributed by atoms with van der Waals surface area (Å²) in [4.78, 5) is 13.0. The normalized spacial score (nSPS) is 18.2. The van der Waals surface area contributed by atoms with Gasteiger partial charge in [0.1, 0.15) is 0 Å². The second-order valence-electron chi connectivity index (χ2n) is 2.68. The van der Waals surface area contributed by atoms with Gasteiger partial charge < -0.3 is 4.90 Å². The lowest BCUT2D eigenvalue weighted by molar-refractivity contribution is -0.125. The number of rotatable bonds is 3. The molecule has 12 heavy (non-hydrogen) atoms. The first kappa shape index (κ1) is 8.78. The molecule has 0 unspecified atom stereocenters. The molecule has 1 rings (SSSR count). The van der Waals surface area contributed by atoms with E-state index in [1.165, 1.54) is 0 Å². The quantitative estimate of drug-likeness (QED) is 0.581. The maximum absolute atomic E-state index is 11.3. The van der Waals surface area contributed by atoms with Crippen molar-refractivity contribution in [1.29, 1.82) is 0 Å². The highest BCUT2D eigenvalue weighted by molar-refractivity contribution is 5.80. The zero-order valence-electron chi connectivity index (χ0n) is 7.12. The molecule has 2 nitrogen and oxygen atoms in total. The highest BCUT2D eigenvalue weighted by Crippen LogP contribution is 2.16. The Morgan fingerprint density at radius 2 is 2.25 bits per heavy atom. The van der Waals surface area contributed by atoms with Crippen LogP contribution in [0.25, 0.3) is 0 Å². The average molecular weight is 163 g/mol. The molecule has 1 amide bonds. The van der Waals surface area contributed by atoms with Crippen molar-refractivity contribution in [2.45, 2.75) is 12.8 Å². The van der Waals surface area contributed by atoms with E-state index in [1.807, 2.05) is 0 Å². The number of carbonyl (C=O) groups excluding carboxylic acids is 1. The molecule has 2 heteroatoms. The van der Waals surface area contributed by atoms with Gasteiger partial charge in [-0.05, 0) is 18.6 Å². The van der Waals surface area contributed by atoms with Crippen LogP contribution in [0.1, 0.15) is 12.8 Å². The maximum atomic E-state index is 11.3. The van der Waals surface area contributed by atoms with Crippen molar-refractivity contribution in [3.8, 4) is 0 Å². The van der Waals surface area contributed by atoms with Gasteiger partial charge in [-0.2, -0.15) is 0 Å². The van der Waals surface area contributed by atoms with Crippen molar-refractivity contribution in [2.24, 2.45) is 0 Å². The van der Waals surface area contributed by atoms with Crippen LogP contribution >= 0.6 is 0 Å². The van der Waals surface area contributed by atoms with Crippen LogP contribution in [0, 0.1) is 0 Å². The van der Waals surface area contributed by atoms with E-state index in [4.69, 9.17) is 0 Å². The summed E-state index contributed by atoms with van der Waals surface area (Å²) in [5.41, 5.74) is 0.854. The van der Waals surface area contributed by atoms with Crippen molar-refractivity contribution in [3.63, 3.8) is 0 Å². The van der Waals surface area contributed by atoms with Crippen molar-refractivity contribution >= 4 is 5.91 Å². The Kier molecular flexibility index (Phi) is 2.86. The molecular weight excluding hydrogens is 150 g/mol. The molecule has 1 aliphatic heterocycles. The minimum atomic E-state index is 0.183. The predicted octanol–water partition coefficient (Wildman–Crippen LogP) is 1.86. The second-order valence-corrected chi connectivity index (χ2v) is 2.68. The first-order valence-corrected chi connectivity index (χ1v) is 4.05. The molecule has 0 aliphatic carbocycles. The Bertz CT molecular complexity index is 240. The minimum Gasteiger partial charge on any atom is -0.312 e. The standard InChI is InChI=1S/C10H13NO/c1-3-6-9(4-2)11-8-5-7-10(11)12/h3-4,6H,1-2,5,7-8H2. The highest BCUT2D eigenvalue weighted by atomic mass is 16.2. The highest BCUT2D eigenvalue weighted by Gasteiger charge is 2.21. The van der Waals surface area contributed by atoms with Gasteiger partial charge in [0.15, 0.2) is 0 Å². The summed E-state index contributed by atoms with van der Waals surface area (Å²) in [5, 5.41) is 0. The fraction of sp³-hybridized carbons (Fsp3) is 0.300. The van der Waals surface area contributed by atoms with Crippen LogP contribution in [-0.2, 0) is 4.79 Å². The summed E-state index contributed by atoms with van der Waals surface area (Å²) >= 11 is 0. The molecule has 0 radical (unpaired) electrons. The van der Waals surface area contributed by atoms with Gasteiger partial charge in [-0.25, -0.2) is 0 Å². The van der Waals surface area contributed by atoms with Crippen LogP contribution in [-0.4, -0.2) is 17.4 Å². The van der Waals surface area contributed by atoms with Crippen molar-refractivity contribution < 1.29 is 4.79 Å². The van der Waals surface area contributed by atoms with E-state index < -0.39 is 0 Å². The summed E-state index contributed by atoms with van der Waals surface area (Å²) in [7, 11) is 0. The van der Waals surface area contributed by atoms with Gasteiger partial charge in [0.2, 0.25) is 5.91 Å². The Hall–Kier alpha value is -1.31. The number of allylic oxidation sites excluding steroid dienone is 3. The van der Waals surface area contributed by atoms with Crippen molar-refractivity contribution in [3.05, 3.63) is 37.1 Å². The fourth-order valence-corrected chi connectivity index (χ4v) is 1.31. The Morgan fingerprint density at radius 1 is 1.50 bits per heavy atom. The predicted molar refractivity (Wildman–Crippen MR) is 49.4 cm³/mol. The molecule has 0 saturated carbocycles. The molecule has 1 saturated heterocycles. The van der Waals surface area contributed by atoms with E-state index >= 15 is 0 Å². The SMILES string of the molecule is C=CC=C(C=C)N1CCCC1=O.